The average Bonchev–Trinajstić information content (AvgIpc) is 2.75. The second-order valence-corrected chi connectivity index (χ2v) is 4.04. The fourth-order valence-electron chi connectivity index (χ4n) is 2.11. The SMILES string of the molecule is CC1(C(CC#N)c2ccccc2)OCCO1. The van der Waals surface area contributed by atoms with Crippen molar-refractivity contribution in [2.24, 2.45) is 0 Å². The molecule has 1 aliphatic heterocycles. The van der Waals surface area contributed by atoms with Gasteiger partial charge in [-0.05, 0) is 12.5 Å². The maximum absolute atomic E-state index is 8.91. The van der Waals surface area contributed by atoms with Gasteiger partial charge in [0, 0.05) is 6.42 Å². The molecule has 1 unspecified atom stereocenters. The van der Waals surface area contributed by atoms with Crippen LogP contribution in [0.2, 0.25) is 0 Å². The standard InChI is InChI=1S/C13H15NO2/c1-13(15-9-10-16-13)12(7-8-14)11-5-3-2-4-6-11/h2-6,12H,7,9-10H2,1H3. The van der Waals surface area contributed by atoms with E-state index in [0.29, 0.717) is 19.6 Å². The molecule has 1 saturated heterocycles. The van der Waals surface area contributed by atoms with Crippen LogP contribution in [0.15, 0.2) is 30.3 Å². The molecule has 1 heterocycles. The summed E-state index contributed by atoms with van der Waals surface area (Å²) in [5.74, 6) is -0.682. The van der Waals surface area contributed by atoms with E-state index in [0.717, 1.165) is 5.56 Å². The summed E-state index contributed by atoms with van der Waals surface area (Å²) in [6, 6.07) is 12.1. The maximum Gasteiger partial charge on any atom is 0.173 e. The molecule has 84 valence electrons. The molecule has 0 bridgehead atoms. The topological polar surface area (TPSA) is 42.2 Å². The Labute approximate surface area is 95.6 Å². The number of hydrogen-bond donors (Lipinski definition) is 0. The van der Waals surface area contributed by atoms with Crippen molar-refractivity contribution in [3.63, 3.8) is 0 Å². The van der Waals surface area contributed by atoms with Gasteiger partial charge in [-0.15, -0.1) is 0 Å². The molecule has 0 amide bonds. The van der Waals surface area contributed by atoms with Gasteiger partial charge in [-0.2, -0.15) is 5.26 Å². The molecule has 3 nitrogen and oxygen atoms in total. The Morgan fingerprint density at radius 2 is 1.94 bits per heavy atom. The maximum atomic E-state index is 8.91. The molecule has 0 aliphatic carbocycles. The van der Waals surface area contributed by atoms with E-state index in [4.69, 9.17) is 14.7 Å². The second kappa shape index (κ2) is 4.65. The molecule has 0 radical (unpaired) electrons. The van der Waals surface area contributed by atoms with Crippen molar-refractivity contribution in [1.82, 2.24) is 0 Å². The van der Waals surface area contributed by atoms with Gasteiger partial charge in [0.2, 0.25) is 0 Å². The van der Waals surface area contributed by atoms with Gasteiger partial charge in [0.25, 0.3) is 0 Å². The number of benzene rings is 1. The molecule has 2 rings (SSSR count). The van der Waals surface area contributed by atoms with Crippen LogP contribution in [-0.2, 0) is 9.47 Å². The number of nitriles is 1. The van der Waals surface area contributed by atoms with E-state index >= 15 is 0 Å². The summed E-state index contributed by atoms with van der Waals surface area (Å²) in [5, 5.41) is 8.91. The highest BCUT2D eigenvalue weighted by atomic mass is 16.7. The lowest BCUT2D eigenvalue weighted by molar-refractivity contribution is -0.159. The van der Waals surface area contributed by atoms with E-state index < -0.39 is 5.79 Å². The van der Waals surface area contributed by atoms with E-state index in [9.17, 15) is 0 Å². The van der Waals surface area contributed by atoms with Crippen molar-refractivity contribution in [2.75, 3.05) is 13.2 Å². The van der Waals surface area contributed by atoms with Crippen LogP contribution in [0.3, 0.4) is 0 Å². The number of rotatable bonds is 3. The molecule has 0 aromatic heterocycles. The van der Waals surface area contributed by atoms with Gasteiger partial charge in [-0.1, -0.05) is 30.3 Å². The van der Waals surface area contributed by atoms with Crippen molar-refractivity contribution in [1.29, 1.82) is 5.26 Å². The molecule has 3 heteroatoms. The van der Waals surface area contributed by atoms with Gasteiger partial charge in [-0.3, -0.25) is 0 Å². The smallest absolute Gasteiger partial charge is 0.173 e. The fraction of sp³-hybridized carbons (Fsp3) is 0.462. The van der Waals surface area contributed by atoms with Gasteiger partial charge < -0.3 is 9.47 Å². The summed E-state index contributed by atoms with van der Waals surface area (Å²) in [6.07, 6.45) is 0.403. The molecule has 1 aromatic rings. The first-order valence-corrected chi connectivity index (χ1v) is 5.46. The first kappa shape index (κ1) is 11.1. The van der Waals surface area contributed by atoms with E-state index in [2.05, 4.69) is 6.07 Å². The molecule has 0 spiro atoms. The lowest BCUT2D eigenvalue weighted by atomic mass is 9.89. The minimum absolute atomic E-state index is 0.0267. The molecule has 1 aliphatic rings. The van der Waals surface area contributed by atoms with Crippen LogP contribution in [0.25, 0.3) is 0 Å². The lowest BCUT2D eigenvalue weighted by Crippen LogP contribution is -2.34. The van der Waals surface area contributed by atoms with Gasteiger partial charge in [0.05, 0.1) is 25.2 Å². The highest BCUT2D eigenvalue weighted by Gasteiger charge is 2.40. The molecular formula is C13H15NO2. The average molecular weight is 217 g/mol. The first-order valence-electron chi connectivity index (χ1n) is 5.46. The van der Waals surface area contributed by atoms with Crippen LogP contribution in [0.5, 0.6) is 0 Å². The number of hydrogen-bond acceptors (Lipinski definition) is 3. The zero-order valence-corrected chi connectivity index (χ0v) is 9.35. The van der Waals surface area contributed by atoms with Gasteiger partial charge in [-0.25, -0.2) is 0 Å². The Morgan fingerprint density at radius 3 is 2.50 bits per heavy atom. The quantitative estimate of drug-likeness (QED) is 0.781. The largest absolute Gasteiger partial charge is 0.347 e. The highest BCUT2D eigenvalue weighted by molar-refractivity contribution is 5.23. The van der Waals surface area contributed by atoms with Crippen molar-refractivity contribution in [3.8, 4) is 6.07 Å². The first-order chi connectivity index (χ1) is 7.76. The molecule has 1 fully saturated rings. The summed E-state index contributed by atoms with van der Waals surface area (Å²) >= 11 is 0. The highest BCUT2D eigenvalue weighted by Crippen LogP contribution is 2.37. The normalized spacial score (nSPS) is 20.2. The molecule has 16 heavy (non-hydrogen) atoms. The van der Waals surface area contributed by atoms with Gasteiger partial charge >= 0.3 is 0 Å². The summed E-state index contributed by atoms with van der Waals surface area (Å²) in [6.45, 7) is 3.12. The van der Waals surface area contributed by atoms with Crippen LogP contribution in [0.4, 0.5) is 0 Å². The summed E-state index contributed by atoms with van der Waals surface area (Å²) in [7, 11) is 0. The monoisotopic (exact) mass is 217 g/mol. The predicted molar refractivity (Wildman–Crippen MR) is 59.7 cm³/mol. The van der Waals surface area contributed by atoms with Crippen molar-refractivity contribution >= 4 is 0 Å². The Balaban J connectivity index is 2.27. The van der Waals surface area contributed by atoms with Crippen LogP contribution in [0.1, 0.15) is 24.8 Å². The lowest BCUT2D eigenvalue weighted by Gasteiger charge is -2.31. The number of ether oxygens (including phenoxy) is 2. The molecule has 0 saturated carbocycles. The zero-order chi connectivity index (χ0) is 11.4. The predicted octanol–water partition coefficient (Wildman–Crippen LogP) is 2.45. The van der Waals surface area contributed by atoms with Gasteiger partial charge in [0.1, 0.15) is 0 Å². The Bertz CT molecular complexity index is 377. The minimum Gasteiger partial charge on any atom is -0.347 e. The van der Waals surface area contributed by atoms with E-state index in [1.54, 1.807) is 0 Å². The third kappa shape index (κ3) is 2.08. The Hall–Kier alpha value is -1.37. The van der Waals surface area contributed by atoms with E-state index in [1.165, 1.54) is 0 Å². The molecule has 1 aromatic carbocycles. The van der Waals surface area contributed by atoms with Crippen molar-refractivity contribution in [3.05, 3.63) is 35.9 Å². The van der Waals surface area contributed by atoms with Crippen LogP contribution in [0, 0.1) is 11.3 Å². The van der Waals surface area contributed by atoms with Crippen LogP contribution >= 0.6 is 0 Å². The summed E-state index contributed by atoms with van der Waals surface area (Å²) in [5.41, 5.74) is 1.09. The van der Waals surface area contributed by atoms with Crippen LogP contribution in [-0.4, -0.2) is 19.0 Å². The Morgan fingerprint density at radius 1 is 1.31 bits per heavy atom. The van der Waals surface area contributed by atoms with Crippen LogP contribution < -0.4 is 0 Å². The Kier molecular flexibility index (Phi) is 3.23. The van der Waals surface area contributed by atoms with Crippen molar-refractivity contribution in [2.45, 2.75) is 25.0 Å². The minimum atomic E-state index is -0.656. The molecular weight excluding hydrogens is 202 g/mol. The van der Waals surface area contributed by atoms with E-state index in [-0.39, 0.29) is 5.92 Å². The fourth-order valence-corrected chi connectivity index (χ4v) is 2.11. The third-order valence-corrected chi connectivity index (χ3v) is 2.99. The zero-order valence-electron chi connectivity index (χ0n) is 9.35. The summed E-state index contributed by atoms with van der Waals surface area (Å²) < 4.78 is 11.3. The summed E-state index contributed by atoms with van der Waals surface area (Å²) in [4.78, 5) is 0. The van der Waals surface area contributed by atoms with E-state index in [1.807, 2.05) is 37.3 Å². The number of nitrogens with zero attached hydrogens (tertiary/aromatic N) is 1. The van der Waals surface area contributed by atoms with Crippen molar-refractivity contribution < 1.29 is 9.47 Å². The molecule has 1 atom stereocenters. The second-order valence-electron chi connectivity index (χ2n) is 4.04. The molecule has 0 N–H and O–H groups in total. The third-order valence-electron chi connectivity index (χ3n) is 2.99. The van der Waals surface area contributed by atoms with Gasteiger partial charge in [0.15, 0.2) is 5.79 Å².